The number of rotatable bonds is 6. The van der Waals surface area contributed by atoms with Gasteiger partial charge in [-0.05, 0) is 67.2 Å². The zero-order valence-corrected chi connectivity index (χ0v) is 14.5. The van der Waals surface area contributed by atoms with Crippen LogP contribution in [0, 0.1) is 17.2 Å². The van der Waals surface area contributed by atoms with E-state index in [1.807, 2.05) is 6.07 Å². The summed E-state index contributed by atoms with van der Waals surface area (Å²) < 4.78 is 14.3. The van der Waals surface area contributed by atoms with Gasteiger partial charge in [-0.25, -0.2) is 4.39 Å². The Balaban J connectivity index is 1.99. The summed E-state index contributed by atoms with van der Waals surface area (Å²) in [7, 11) is 0. The number of halogens is 2. The van der Waals surface area contributed by atoms with Gasteiger partial charge in [0.05, 0.1) is 0 Å². The summed E-state index contributed by atoms with van der Waals surface area (Å²) in [6, 6.07) is 5.06. The van der Waals surface area contributed by atoms with E-state index in [1.165, 1.54) is 38.2 Å². The van der Waals surface area contributed by atoms with Crippen LogP contribution in [0.1, 0.15) is 57.4 Å². The fourth-order valence-corrected chi connectivity index (χ4v) is 4.12. The number of aliphatic hydroxyl groups excluding tert-OH is 1. The smallest absolute Gasteiger partial charge is 0.124 e. The van der Waals surface area contributed by atoms with Gasteiger partial charge in [0, 0.05) is 11.1 Å². The van der Waals surface area contributed by atoms with Crippen molar-refractivity contribution in [1.29, 1.82) is 0 Å². The minimum Gasteiger partial charge on any atom is -0.396 e. The molecule has 1 N–H and O–H groups in total. The Kier molecular flexibility index (Phi) is 6.24. The molecule has 0 radical (unpaired) electrons. The van der Waals surface area contributed by atoms with E-state index in [9.17, 15) is 9.50 Å². The molecule has 118 valence electrons. The number of benzene rings is 1. The van der Waals surface area contributed by atoms with Gasteiger partial charge in [0.15, 0.2) is 0 Å². The van der Waals surface area contributed by atoms with E-state index in [0.717, 1.165) is 35.2 Å². The molecule has 3 heteroatoms. The molecule has 0 bridgehead atoms. The zero-order chi connectivity index (χ0) is 15.3. The van der Waals surface area contributed by atoms with Gasteiger partial charge in [-0.1, -0.05) is 42.1 Å². The molecule has 1 nitrogen and oxygen atoms in total. The molecule has 0 saturated heterocycles. The number of aliphatic hydroxyl groups is 1. The third-order valence-electron chi connectivity index (χ3n) is 4.97. The highest BCUT2D eigenvalue weighted by Gasteiger charge is 2.34. The largest absolute Gasteiger partial charge is 0.396 e. The van der Waals surface area contributed by atoms with Crippen LogP contribution < -0.4 is 0 Å². The van der Waals surface area contributed by atoms with Gasteiger partial charge in [0.2, 0.25) is 0 Å². The Morgan fingerprint density at radius 1 is 1.29 bits per heavy atom. The van der Waals surface area contributed by atoms with Crippen molar-refractivity contribution in [2.45, 2.75) is 58.3 Å². The van der Waals surface area contributed by atoms with E-state index in [4.69, 9.17) is 0 Å². The molecular formula is C18H26BrFO. The molecule has 0 spiro atoms. The summed E-state index contributed by atoms with van der Waals surface area (Å²) in [5.41, 5.74) is 0.943. The maximum atomic E-state index is 13.5. The van der Waals surface area contributed by atoms with E-state index in [1.54, 1.807) is 6.07 Å². The van der Waals surface area contributed by atoms with Gasteiger partial charge in [-0.3, -0.25) is 0 Å². The second kappa shape index (κ2) is 7.73. The first-order valence-corrected chi connectivity index (χ1v) is 8.92. The molecular weight excluding hydrogens is 331 g/mol. The van der Waals surface area contributed by atoms with Crippen LogP contribution >= 0.6 is 15.9 Å². The van der Waals surface area contributed by atoms with Crippen LogP contribution in [0.5, 0.6) is 0 Å². The maximum absolute atomic E-state index is 13.5. The lowest BCUT2D eigenvalue weighted by Crippen LogP contribution is -2.33. The van der Waals surface area contributed by atoms with Gasteiger partial charge >= 0.3 is 0 Å². The van der Waals surface area contributed by atoms with Crippen LogP contribution in [0.4, 0.5) is 4.39 Å². The van der Waals surface area contributed by atoms with Crippen molar-refractivity contribution in [2.24, 2.45) is 11.3 Å². The van der Waals surface area contributed by atoms with Crippen molar-refractivity contribution >= 4 is 15.9 Å². The lowest BCUT2D eigenvalue weighted by Gasteiger charge is -2.39. The van der Waals surface area contributed by atoms with Crippen molar-refractivity contribution in [3.63, 3.8) is 0 Å². The van der Waals surface area contributed by atoms with E-state index in [0.29, 0.717) is 0 Å². The summed E-state index contributed by atoms with van der Waals surface area (Å²) in [6.45, 7) is 2.45. The van der Waals surface area contributed by atoms with Crippen molar-refractivity contribution in [1.82, 2.24) is 0 Å². The first-order chi connectivity index (χ1) is 10.1. The summed E-state index contributed by atoms with van der Waals surface area (Å²) >= 11 is 3.35. The molecule has 1 aliphatic rings. The Morgan fingerprint density at radius 3 is 2.57 bits per heavy atom. The van der Waals surface area contributed by atoms with Crippen LogP contribution in [-0.4, -0.2) is 11.7 Å². The second-order valence-corrected chi connectivity index (χ2v) is 7.61. The average molecular weight is 357 g/mol. The normalized spacial score (nSPS) is 26.0. The van der Waals surface area contributed by atoms with Gasteiger partial charge < -0.3 is 5.11 Å². The van der Waals surface area contributed by atoms with Crippen LogP contribution in [0.3, 0.4) is 0 Å². The van der Waals surface area contributed by atoms with Crippen LogP contribution in [0.2, 0.25) is 0 Å². The lowest BCUT2D eigenvalue weighted by atomic mass is 9.67. The van der Waals surface area contributed by atoms with Crippen molar-refractivity contribution in [3.05, 3.63) is 34.1 Å². The Labute approximate surface area is 136 Å². The molecule has 0 amide bonds. The third kappa shape index (κ3) is 4.79. The van der Waals surface area contributed by atoms with Gasteiger partial charge in [-0.2, -0.15) is 0 Å². The Morgan fingerprint density at radius 2 is 2.00 bits per heavy atom. The van der Waals surface area contributed by atoms with E-state index in [2.05, 4.69) is 22.9 Å². The van der Waals surface area contributed by atoms with Crippen LogP contribution in [0.15, 0.2) is 22.7 Å². The number of hydrogen-bond donors (Lipinski definition) is 1. The summed E-state index contributed by atoms with van der Waals surface area (Å²) in [4.78, 5) is 0. The van der Waals surface area contributed by atoms with Gasteiger partial charge in [0.1, 0.15) is 5.82 Å². The zero-order valence-electron chi connectivity index (χ0n) is 12.9. The fourth-order valence-electron chi connectivity index (χ4n) is 3.61. The molecule has 2 rings (SSSR count). The van der Waals surface area contributed by atoms with Gasteiger partial charge in [0.25, 0.3) is 0 Å². The highest BCUT2D eigenvalue weighted by atomic mass is 79.9. The highest BCUT2D eigenvalue weighted by Crippen LogP contribution is 2.42. The standard InChI is InChI=1S/C18H26BrFO/c1-2-3-4-14-5-7-18(13-21,8-6-14)12-15-9-16(19)11-17(20)10-15/h9-11,14,21H,2-8,12-13H2,1H3. The van der Waals surface area contributed by atoms with Crippen molar-refractivity contribution in [2.75, 3.05) is 6.61 Å². The first-order valence-electron chi connectivity index (χ1n) is 8.13. The quantitative estimate of drug-likeness (QED) is 0.714. The van der Waals surface area contributed by atoms with Crippen LogP contribution in [-0.2, 0) is 6.42 Å². The molecule has 1 aromatic rings. The van der Waals surface area contributed by atoms with Gasteiger partial charge in [-0.15, -0.1) is 0 Å². The average Bonchev–Trinajstić information content (AvgIpc) is 2.45. The molecule has 1 fully saturated rings. The Bertz CT molecular complexity index is 432. The monoisotopic (exact) mass is 356 g/mol. The summed E-state index contributed by atoms with van der Waals surface area (Å²) in [5, 5.41) is 9.90. The predicted octanol–water partition coefficient (Wildman–Crippen LogP) is 5.49. The molecule has 0 aromatic heterocycles. The molecule has 0 heterocycles. The third-order valence-corrected chi connectivity index (χ3v) is 5.43. The number of hydrogen-bond acceptors (Lipinski definition) is 1. The molecule has 1 saturated carbocycles. The SMILES string of the molecule is CCCCC1CCC(CO)(Cc2cc(F)cc(Br)c2)CC1. The topological polar surface area (TPSA) is 20.2 Å². The number of unbranched alkanes of at least 4 members (excludes halogenated alkanes) is 1. The van der Waals surface area contributed by atoms with E-state index >= 15 is 0 Å². The summed E-state index contributed by atoms with van der Waals surface area (Å²) in [6.07, 6.45) is 9.21. The molecule has 0 unspecified atom stereocenters. The van der Waals surface area contributed by atoms with Crippen molar-refractivity contribution < 1.29 is 9.50 Å². The molecule has 1 aromatic carbocycles. The minimum atomic E-state index is -0.205. The van der Waals surface area contributed by atoms with Crippen LogP contribution in [0.25, 0.3) is 0 Å². The maximum Gasteiger partial charge on any atom is 0.124 e. The highest BCUT2D eigenvalue weighted by molar-refractivity contribution is 9.10. The second-order valence-electron chi connectivity index (χ2n) is 6.70. The molecule has 0 atom stereocenters. The van der Waals surface area contributed by atoms with E-state index in [-0.39, 0.29) is 17.8 Å². The molecule has 21 heavy (non-hydrogen) atoms. The predicted molar refractivity (Wildman–Crippen MR) is 88.8 cm³/mol. The molecule has 0 aliphatic heterocycles. The summed E-state index contributed by atoms with van der Waals surface area (Å²) in [5.74, 6) is 0.618. The molecule has 1 aliphatic carbocycles. The van der Waals surface area contributed by atoms with E-state index < -0.39 is 0 Å². The lowest BCUT2D eigenvalue weighted by molar-refractivity contribution is 0.0620. The fraction of sp³-hybridized carbons (Fsp3) is 0.667. The first kappa shape index (κ1) is 17.0. The Hall–Kier alpha value is -0.410. The van der Waals surface area contributed by atoms with Crippen molar-refractivity contribution in [3.8, 4) is 0 Å². The minimum absolute atomic E-state index is 0.0457.